The zero-order valence-corrected chi connectivity index (χ0v) is 19.0. The summed E-state index contributed by atoms with van der Waals surface area (Å²) >= 11 is 5.92. The van der Waals surface area contributed by atoms with Crippen LogP contribution in [-0.4, -0.2) is 60.6 Å². The van der Waals surface area contributed by atoms with Gasteiger partial charge < -0.3 is 20.7 Å². The minimum Gasteiger partial charge on any atom is -0.495 e. The van der Waals surface area contributed by atoms with Crippen LogP contribution < -0.4 is 20.7 Å². The highest BCUT2D eigenvalue weighted by Crippen LogP contribution is 2.45. The summed E-state index contributed by atoms with van der Waals surface area (Å²) in [7, 11) is 3.28. The number of aromatic nitrogens is 1. The molecule has 1 aliphatic heterocycles. The van der Waals surface area contributed by atoms with Crippen molar-refractivity contribution in [3.05, 3.63) is 53.3 Å². The van der Waals surface area contributed by atoms with Crippen molar-refractivity contribution in [3.63, 3.8) is 0 Å². The molecule has 3 N–H and O–H groups in total. The number of methoxy groups -OCH3 is 1. The number of halogens is 1. The number of anilines is 1. The van der Waals surface area contributed by atoms with Gasteiger partial charge in [0.2, 0.25) is 5.91 Å². The molecular formula is C23H28ClN5O3. The maximum Gasteiger partial charge on any atom is 0.319 e. The molecule has 0 bridgehead atoms. The molecular weight excluding hydrogens is 430 g/mol. The van der Waals surface area contributed by atoms with Gasteiger partial charge in [0, 0.05) is 48.5 Å². The normalized spacial score (nSPS) is 22.0. The molecule has 1 saturated carbocycles. The molecule has 32 heavy (non-hydrogen) atoms. The zero-order chi connectivity index (χ0) is 22.7. The molecule has 8 nitrogen and oxygen atoms in total. The number of hydrogen-bond acceptors (Lipinski definition) is 5. The van der Waals surface area contributed by atoms with E-state index in [0.29, 0.717) is 29.4 Å². The number of hydrogen-bond donors (Lipinski definition) is 3. The van der Waals surface area contributed by atoms with Crippen LogP contribution in [0, 0.1) is 0 Å². The number of carbonyl (C=O) groups excluding carboxylic acids is 2. The number of benzene rings is 1. The van der Waals surface area contributed by atoms with Gasteiger partial charge in [0.05, 0.1) is 13.3 Å². The van der Waals surface area contributed by atoms with Gasteiger partial charge in [-0.15, -0.1) is 0 Å². The minimum atomic E-state index is -0.435. The van der Waals surface area contributed by atoms with Crippen LogP contribution in [-0.2, 0) is 4.79 Å². The maximum absolute atomic E-state index is 12.7. The van der Waals surface area contributed by atoms with Crippen LogP contribution in [0.1, 0.15) is 30.9 Å². The third-order valence-corrected chi connectivity index (χ3v) is 6.64. The summed E-state index contributed by atoms with van der Waals surface area (Å²) in [4.78, 5) is 32.1. The Kier molecular flexibility index (Phi) is 6.53. The first-order valence-corrected chi connectivity index (χ1v) is 11.1. The Balaban J connectivity index is 1.51. The van der Waals surface area contributed by atoms with Gasteiger partial charge in [0.25, 0.3) is 0 Å². The van der Waals surface area contributed by atoms with E-state index in [0.717, 1.165) is 25.1 Å². The molecule has 1 aromatic carbocycles. The van der Waals surface area contributed by atoms with Gasteiger partial charge >= 0.3 is 6.03 Å². The number of carbonyl (C=O) groups is 2. The van der Waals surface area contributed by atoms with Crippen LogP contribution in [0.2, 0.25) is 5.02 Å². The summed E-state index contributed by atoms with van der Waals surface area (Å²) in [5.74, 6) is 0.675. The summed E-state index contributed by atoms with van der Waals surface area (Å²) in [6.45, 7) is 1.37. The summed E-state index contributed by atoms with van der Waals surface area (Å²) in [6.07, 6.45) is 4.10. The Morgan fingerprint density at radius 1 is 1.19 bits per heavy atom. The van der Waals surface area contributed by atoms with E-state index in [2.05, 4.69) is 25.8 Å². The second-order valence-corrected chi connectivity index (χ2v) is 8.72. The number of nitrogens with zero attached hydrogens (tertiary/aromatic N) is 2. The van der Waals surface area contributed by atoms with E-state index in [1.54, 1.807) is 44.6 Å². The van der Waals surface area contributed by atoms with Gasteiger partial charge in [0.15, 0.2) is 0 Å². The van der Waals surface area contributed by atoms with Crippen molar-refractivity contribution in [2.75, 3.05) is 32.6 Å². The van der Waals surface area contributed by atoms with Gasteiger partial charge in [0.1, 0.15) is 11.3 Å². The number of pyridine rings is 1. The maximum atomic E-state index is 12.7. The number of piperidine rings is 1. The van der Waals surface area contributed by atoms with Crippen molar-refractivity contribution in [3.8, 4) is 5.75 Å². The average molecular weight is 458 g/mol. The highest BCUT2D eigenvalue weighted by atomic mass is 35.5. The highest BCUT2D eigenvalue weighted by molar-refractivity contribution is 6.30. The van der Waals surface area contributed by atoms with Crippen molar-refractivity contribution in [2.24, 2.45) is 0 Å². The lowest BCUT2D eigenvalue weighted by atomic mass is 9.87. The number of likely N-dealkylation sites (tertiary alicyclic amines) is 1. The van der Waals surface area contributed by atoms with E-state index in [9.17, 15) is 9.59 Å². The van der Waals surface area contributed by atoms with Crippen molar-refractivity contribution >= 4 is 29.2 Å². The SMILES string of the molecule is CNC(=O)C1(N2CCC(NC(=O)Nc3ccc(Cl)cc3)C(c3ccc(OC)cn3)C2)CC1. The fourth-order valence-electron chi connectivity index (χ4n) is 4.45. The predicted molar refractivity (Wildman–Crippen MR) is 123 cm³/mol. The Hall–Kier alpha value is -2.84. The van der Waals surface area contributed by atoms with Crippen LogP contribution in [0.3, 0.4) is 0 Å². The minimum absolute atomic E-state index is 0.0610. The highest BCUT2D eigenvalue weighted by Gasteiger charge is 2.55. The predicted octanol–water partition coefficient (Wildman–Crippen LogP) is 3.00. The fraction of sp³-hybridized carbons (Fsp3) is 0.435. The molecule has 9 heteroatoms. The number of ether oxygens (including phenoxy) is 1. The van der Waals surface area contributed by atoms with Gasteiger partial charge in [-0.2, -0.15) is 0 Å². The molecule has 1 aliphatic carbocycles. The van der Waals surface area contributed by atoms with Gasteiger partial charge in [-0.1, -0.05) is 11.6 Å². The molecule has 170 valence electrons. The number of amides is 3. The first-order chi connectivity index (χ1) is 15.4. The van der Waals surface area contributed by atoms with Crippen LogP contribution in [0.4, 0.5) is 10.5 Å². The molecule has 1 aromatic heterocycles. The Labute approximate surface area is 192 Å². The number of likely N-dealkylation sites (N-methyl/N-ethyl adjacent to an activating group) is 1. The first-order valence-electron chi connectivity index (χ1n) is 10.8. The molecule has 1 saturated heterocycles. The van der Waals surface area contributed by atoms with E-state index in [1.807, 2.05) is 12.1 Å². The molecule has 2 fully saturated rings. The fourth-order valence-corrected chi connectivity index (χ4v) is 4.58. The average Bonchev–Trinajstić information content (AvgIpc) is 3.62. The summed E-state index contributed by atoms with van der Waals surface area (Å²) in [5.41, 5.74) is 1.09. The van der Waals surface area contributed by atoms with Gasteiger partial charge in [-0.3, -0.25) is 14.7 Å². The van der Waals surface area contributed by atoms with Crippen LogP contribution in [0.5, 0.6) is 5.75 Å². The van der Waals surface area contributed by atoms with E-state index in [1.165, 1.54) is 0 Å². The Morgan fingerprint density at radius 2 is 1.94 bits per heavy atom. The van der Waals surface area contributed by atoms with E-state index in [-0.39, 0.29) is 23.9 Å². The quantitative estimate of drug-likeness (QED) is 0.619. The zero-order valence-electron chi connectivity index (χ0n) is 18.2. The molecule has 2 atom stereocenters. The number of urea groups is 1. The van der Waals surface area contributed by atoms with Crippen LogP contribution >= 0.6 is 11.6 Å². The Morgan fingerprint density at radius 3 is 2.53 bits per heavy atom. The second-order valence-electron chi connectivity index (χ2n) is 8.29. The lowest BCUT2D eigenvalue weighted by Crippen LogP contribution is -2.57. The first kappa shape index (κ1) is 22.4. The molecule has 0 radical (unpaired) electrons. The summed E-state index contributed by atoms with van der Waals surface area (Å²) in [5, 5.41) is 9.39. The van der Waals surface area contributed by atoms with Gasteiger partial charge in [-0.25, -0.2) is 4.79 Å². The monoisotopic (exact) mass is 457 g/mol. The summed E-state index contributed by atoms with van der Waals surface area (Å²) < 4.78 is 5.24. The molecule has 2 heterocycles. The Bertz CT molecular complexity index is 963. The third-order valence-electron chi connectivity index (χ3n) is 6.38. The lowest BCUT2D eigenvalue weighted by molar-refractivity contribution is -0.128. The van der Waals surface area contributed by atoms with E-state index >= 15 is 0 Å². The van der Waals surface area contributed by atoms with E-state index in [4.69, 9.17) is 16.3 Å². The van der Waals surface area contributed by atoms with Crippen molar-refractivity contribution in [2.45, 2.75) is 36.8 Å². The summed E-state index contributed by atoms with van der Waals surface area (Å²) in [6, 6.07) is 10.4. The van der Waals surface area contributed by atoms with Crippen LogP contribution in [0.15, 0.2) is 42.6 Å². The molecule has 4 rings (SSSR count). The molecule has 3 amide bonds. The van der Waals surface area contributed by atoms with E-state index < -0.39 is 5.54 Å². The smallest absolute Gasteiger partial charge is 0.319 e. The standard InChI is InChI=1S/C23H28ClN5O3/c1-25-21(30)23(10-11-23)29-12-9-20(18(14-29)19-8-7-17(32-2)13-26-19)28-22(31)27-16-5-3-15(24)4-6-16/h3-8,13,18,20H,9-12,14H2,1-2H3,(H,25,30)(H2,27,28,31). The molecule has 2 aromatic rings. The van der Waals surface area contributed by atoms with Crippen molar-refractivity contribution in [1.82, 2.24) is 20.5 Å². The molecule has 2 unspecified atom stereocenters. The topological polar surface area (TPSA) is 95.6 Å². The third kappa shape index (κ3) is 4.66. The van der Waals surface area contributed by atoms with Crippen LogP contribution in [0.25, 0.3) is 0 Å². The van der Waals surface area contributed by atoms with Crippen molar-refractivity contribution in [1.29, 1.82) is 0 Å². The number of rotatable bonds is 6. The number of nitrogens with one attached hydrogen (secondary N) is 3. The second kappa shape index (κ2) is 9.34. The van der Waals surface area contributed by atoms with Gasteiger partial charge in [-0.05, 0) is 55.7 Å². The lowest BCUT2D eigenvalue weighted by Gasteiger charge is -2.42. The largest absolute Gasteiger partial charge is 0.495 e. The molecule has 0 spiro atoms. The van der Waals surface area contributed by atoms with Crippen molar-refractivity contribution < 1.29 is 14.3 Å². The molecule has 2 aliphatic rings.